The Morgan fingerprint density at radius 2 is 0.981 bits per heavy atom. The van der Waals surface area contributed by atoms with E-state index in [9.17, 15) is 30.6 Å². The summed E-state index contributed by atoms with van der Waals surface area (Å²) in [6.07, 6.45) is 0. The Balaban J connectivity index is 1.87. The molecule has 0 aromatic heterocycles. The van der Waals surface area contributed by atoms with Crippen LogP contribution in [0.3, 0.4) is 0 Å². The van der Waals surface area contributed by atoms with Gasteiger partial charge in [-0.2, -0.15) is 0 Å². The topological polar surface area (TPSA) is 269 Å². The average molecular weight is 785 g/mol. The molecule has 3 heterocycles. The third kappa shape index (κ3) is 6.80. The second-order valence-corrected chi connectivity index (χ2v) is 19.4. The normalized spacial score (nSPS) is 54.2. The first-order valence-corrected chi connectivity index (χ1v) is 19.0. The molecular formula is C38H78N3O13+3. The number of hydrogen-bond donors (Lipinski definition) is 9. The molecule has 6 unspecified atom stereocenters. The lowest BCUT2D eigenvalue weighted by Gasteiger charge is -2.66. The quantitative estimate of drug-likeness (QED) is 0.0805. The molecule has 16 heteroatoms. The molecule has 0 radical (unpaired) electrons. The van der Waals surface area contributed by atoms with Gasteiger partial charge >= 0.3 is 0 Å². The molecule has 16 nitrogen and oxygen atoms in total. The molecule has 3 rings (SSSR count). The number of quaternary nitrogens is 3. The standard InChI is InChI=1S/C38H75N3O13/c1-27(17-42)24(34(8,45)26(39)29(3,52-27)20-48-13)15-50-22-32(6)36(10,40)35(9,46)25(28(2,18-43)53-32)16-51-23-33(7)37(11,41)38(12,47)30(4,21-49-14)31(5,19-44)54-33/h24-26,42-47H,15-23,39-41H2,1-14H3/p+3/t24-,25-,26?,27?,28?,29+,30-,31?,32+,33+,34-,35-,36?,37?,38-/m1/s1. The molecule has 0 aromatic rings. The molecular weight excluding hydrogens is 706 g/mol. The minimum atomic E-state index is -1.62. The lowest BCUT2D eigenvalue weighted by Crippen LogP contribution is -2.96. The van der Waals surface area contributed by atoms with Gasteiger partial charge in [0, 0.05) is 26.1 Å². The van der Waals surface area contributed by atoms with Crippen LogP contribution in [-0.2, 0) is 33.2 Å². The average Bonchev–Trinajstić information content (AvgIpc) is 3.05. The van der Waals surface area contributed by atoms with Gasteiger partial charge in [-0.15, -0.1) is 0 Å². The minimum Gasteiger partial charge on any atom is -0.393 e. The summed E-state index contributed by atoms with van der Waals surface area (Å²) < 4.78 is 43.5. The number of ether oxygens (including phenoxy) is 7. The first-order valence-electron chi connectivity index (χ1n) is 19.0. The highest BCUT2D eigenvalue weighted by Crippen LogP contribution is 2.57. The van der Waals surface area contributed by atoms with Gasteiger partial charge in [0.2, 0.25) is 0 Å². The molecule has 54 heavy (non-hydrogen) atoms. The zero-order chi connectivity index (χ0) is 42.0. The Labute approximate surface area is 322 Å². The summed E-state index contributed by atoms with van der Waals surface area (Å²) in [5.41, 5.74) is -2.30. The molecule has 0 aromatic carbocycles. The van der Waals surface area contributed by atoms with Crippen molar-refractivity contribution in [1.29, 1.82) is 0 Å². The zero-order valence-electron chi connectivity index (χ0n) is 35.8. The second-order valence-electron chi connectivity index (χ2n) is 19.4. The maximum Gasteiger partial charge on any atom is 0.152 e. The lowest BCUT2D eigenvalue weighted by molar-refractivity contribution is -0.581. The van der Waals surface area contributed by atoms with Crippen molar-refractivity contribution < 1.29 is 81.0 Å². The summed E-state index contributed by atoms with van der Waals surface area (Å²) in [5, 5.41) is 68.5. The van der Waals surface area contributed by atoms with Crippen LogP contribution in [0.1, 0.15) is 83.1 Å². The maximum absolute atomic E-state index is 12.5. The van der Waals surface area contributed by atoms with Crippen molar-refractivity contribution in [2.75, 3.05) is 73.7 Å². The van der Waals surface area contributed by atoms with Crippen molar-refractivity contribution in [3.63, 3.8) is 0 Å². The highest BCUT2D eigenvalue weighted by Gasteiger charge is 2.76. The van der Waals surface area contributed by atoms with E-state index in [1.807, 2.05) is 6.92 Å². The fourth-order valence-electron chi connectivity index (χ4n) is 10.0. The van der Waals surface area contributed by atoms with E-state index in [-0.39, 0.29) is 39.6 Å². The van der Waals surface area contributed by atoms with E-state index in [1.54, 1.807) is 76.2 Å². The van der Waals surface area contributed by atoms with Crippen molar-refractivity contribution in [2.45, 2.75) is 151 Å². The summed E-state index contributed by atoms with van der Waals surface area (Å²) in [6.45, 7) is 19.4. The summed E-state index contributed by atoms with van der Waals surface area (Å²) in [7, 11) is 3.07. The molecule has 3 aliphatic rings. The third-order valence-electron chi connectivity index (χ3n) is 15.6. The Morgan fingerprint density at radius 1 is 0.537 bits per heavy atom. The van der Waals surface area contributed by atoms with Crippen molar-refractivity contribution in [3.8, 4) is 0 Å². The van der Waals surface area contributed by atoms with Crippen LogP contribution in [-0.4, -0.2) is 172 Å². The largest absolute Gasteiger partial charge is 0.393 e. The van der Waals surface area contributed by atoms with Gasteiger partial charge in [0.05, 0.1) is 76.1 Å². The molecule has 3 saturated heterocycles. The minimum absolute atomic E-state index is 0.0545. The Kier molecular flexibility index (Phi) is 13.1. The first-order chi connectivity index (χ1) is 24.3. The van der Waals surface area contributed by atoms with Gasteiger partial charge in [0.25, 0.3) is 0 Å². The van der Waals surface area contributed by atoms with E-state index in [0.29, 0.717) is 0 Å². The Hall–Kier alpha value is -0.640. The van der Waals surface area contributed by atoms with E-state index in [4.69, 9.17) is 33.2 Å². The molecule has 0 saturated carbocycles. The van der Waals surface area contributed by atoms with Crippen LogP contribution >= 0.6 is 0 Å². The third-order valence-corrected chi connectivity index (χ3v) is 15.6. The van der Waals surface area contributed by atoms with Gasteiger partial charge in [-0.1, -0.05) is 6.92 Å². The fraction of sp³-hybridized carbons (Fsp3) is 1.00. The highest BCUT2D eigenvalue weighted by molar-refractivity contribution is 5.22. The maximum atomic E-state index is 12.5. The van der Waals surface area contributed by atoms with Gasteiger partial charge < -0.3 is 81.0 Å². The summed E-state index contributed by atoms with van der Waals surface area (Å²) in [6, 6.07) is -0.641. The van der Waals surface area contributed by atoms with Gasteiger partial charge in [-0.25, -0.2) is 0 Å². The second kappa shape index (κ2) is 14.9. The Morgan fingerprint density at radius 3 is 1.43 bits per heavy atom. The molecule has 15 atom stereocenters. The van der Waals surface area contributed by atoms with E-state index < -0.39 is 105 Å². The van der Waals surface area contributed by atoms with E-state index in [0.717, 1.165) is 0 Å². The molecule has 0 aliphatic carbocycles. The number of aliphatic hydroxyl groups is 6. The van der Waals surface area contributed by atoms with Crippen molar-refractivity contribution in [1.82, 2.24) is 0 Å². The molecule has 3 aliphatic heterocycles. The predicted octanol–water partition coefficient (Wildman–Crippen LogP) is -2.96. The van der Waals surface area contributed by atoms with E-state index in [1.165, 1.54) is 14.2 Å². The number of rotatable bonds is 15. The van der Waals surface area contributed by atoms with E-state index >= 15 is 0 Å². The molecule has 0 bridgehead atoms. The van der Waals surface area contributed by atoms with Crippen LogP contribution < -0.4 is 17.2 Å². The molecule has 0 spiro atoms. The smallest absolute Gasteiger partial charge is 0.152 e. The van der Waals surface area contributed by atoms with Crippen LogP contribution in [0, 0.1) is 17.3 Å². The number of hydrogen-bond acceptors (Lipinski definition) is 13. The fourth-order valence-corrected chi connectivity index (χ4v) is 10.0. The van der Waals surface area contributed by atoms with Crippen LogP contribution in [0.2, 0.25) is 0 Å². The molecule has 0 amide bonds. The van der Waals surface area contributed by atoms with Crippen LogP contribution in [0.4, 0.5) is 0 Å². The van der Waals surface area contributed by atoms with Crippen LogP contribution in [0.25, 0.3) is 0 Å². The summed E-state index contributed by atoms with van der Waals surface area (Å²) in [4.78, 5) is 0. The summed E-state index contributed by atoms with van der Waals surface area (Å²) in [5.74, 6) is -1.55. The first kappa shape index (κ1) is 47.7. The zero-order valence-corrected chi connectivity index (χ0v) is 35.8. The van der Waals surface area contributed by atoms with Crippen molar-refractivity contribution in [2.24, 2.45) is 17.3 Å². The summed E-state index contributed by atoms with van der Waals surface area (Å²) >= 11 is 0. The van der Waals surface area contributed by atoms with Crippen LogP contribution in [0.5, 0.6) is 0 Å². The van der Waals surface area contributed by atoms with Gasteiger partial charge in [0.15, 0.2) is 11.1 Å². The number of methoxy groups -OCH3 is 2. The molecule has 320 valence electrons. The predicted molar refractivity (Wildman–Crippen MR) is 197 cm³/mol. The van der Waals surface area contributed by atoms with Crippen molar-refractivity contribution >= 4 is 0 Å². The van der Waals surface area contributed by atoms with Gasteiger partial charge in [-0.3, -0.25) is 0 Å². The molecule has 15 N–H and O–H groups in total. The molecule has 3 fully saturated rings. The Bertz CT molecular complexity index is 1310. The van der Waals surface area contributed by atoms with Gasteiger partial charge in [-0.05, 0) is 76.2 Å². The van der Waals surface area contributed by atoms with Crippen LogP contribution in [0.15, 0.2) is 0 Å². The SMILES string of the molecule is COC[C@]1(C)OC(C)(CO)[C@@H](COC[C@]2(C)OC(C)(CO)[C@@H](COC[C@]3(C)OC(C)(CO)[C@@](C)(COC)[C@@](C)(O)C3(C)[NH3+])[C@@](C)(O)C2(C)[NH3+])[C@@](C)(O)C1[NH3+]. The van der Waals surface area contributed by atoms with Gasteiger partial charge in [0.1, 0.15) is 45.2 Å². The van der Waals surface area contributed by atoms with E-state index in [2.05, 4.69) is 17.2 Å². The number of aliphatic hydroxyl groups excluding tert-OH is 3. The van der Waals surface area contributed by atoms with Crippen molar-refractivity contribution in [3.05, 3.63) is 0 Å². The highest BCUT2D eigenvalue weighted by atomic mass is 16.6. The monoisotopic (exact) mass is 785 g/mol. The lowest BCUT2D eigenvalue weighted by atomic mass is 9.51.